The van der Waals surface area contributed by atoms with Crippen molar-refractivity contribution >= 4 is 23.1 Å². The third kappa shape index (κ3) is 5.06. The highest BCUT2D eigenvalue weighted by molar-refractivity contribution is 5.98. The van der Waals surface area contributed by atoms with E-state index in [9.17, 15) is 14.7 Å². The summed E-state index contributed by atoms with van der Waals surface area (Å²) >= 11 is 0. The maximum atomic E-state index is 12.5. The van der Waals surface area contributed by atoms with Crippen LogP contribution in [0.4, 0.5) is 5.69 Å². The van der Waals surface area contributed by atoms with Crippen LogP contribution in [-0.4, -0.2) is 23.1 Å². The minimum atomic E-state index is -1.20. The first-order valence-electron chi connectivity index (χ1n) is 8.91. The van der Waals surface area contributed by atoms with E-state index in [0.717, 1.165) is 5.56 Å². The molecule has 2 aromatic rings. The van der Waals surface area contributed by atoms with E-state index in [-0.39, 0.29) is 17.4 Å². The Labute approximate surface area is 165 Å². The first kappa shape index (κ1) is 21.3. The fraction of sp³-hybridized carbons (Fsp3) is 0.273. The summed E-state index contributed by atoms with van der Waals surface area (Å²) in [6, 6.07) is 14.4. The van der Waals surface area contributed by atoms with Crippen molar-refractivity contribution in [2.45, 2.75) is 38.7 Å². The van der Waals surface area contributed by atoms with Crippen molar-refractivity contribution in [3.05, 3.63) is 71.8 Å². The Morgan fingerprint density at radius 1 is 1.18 bits per heavy atom. The van der Waals surface area contributed by atoms with Crippen molar-refractivity contribution in [1.82, 2.24) is 0 Å². The maximum Gasteiger partial charge on any atom is 0.357 e. The summed E-state index contributed by atoms with van der Waals surface area (Å²) in [5.74, 6) is 3.74. The quantitative estimate of drug-likeness (QED) is 0.637. The number of nitrogens with two attached hydrogens (primary N) is 1. The fourth-order valence-electron chi connectivity index (χ4n) is 3.03. The van der Waals surface area contributed by atoms with Gasteiger partial charge in [-0.25, -0.2) is 4.79 Å². The number of amides is 1. The lowest BCUT2D eigenvalue weighted by Crippen LogP contribution is -2.34. The van der Waals surface area contributed by atoms with Crippen LogP contribution in [0.15, 0.2) is 55.1 Å². The molecule has 2 aromatic carbocycles. The molecule has 0 saturated heterocycles. The zero-order valence-corrected chi connectivity index (χ0v) is 16.4. The van der Waals surface area contributed by atoms with E-state index in [1.807, 2.05) is 44.2 Å². The van der Waals surface area contributed by atoms with Crippen molar-refractivity contribution < 1.29 is 19.5 Å². The lowest BCUT2D eigenvalue weighted by molar-refractivity contribution is -0.124. The number of aliphatic hydroxyl groups is 1. The van der Waals surface area contributed by atoms with Gasteiger partial charge in [-0.15, -0.1) is 0 Å². The second-order valence-corrected chi connectivity index (χ2v) is 7.41. The summed E-state index contributed by atoms with van der Waals surface area (Å²) in [5, 5.41) is 13.1. The Hall–Kier alpha value is -2.96. The highest BCUT2D eigenvalue weighted by Gasteiger charge is 2.28. The van der Waals surface area contributed by atoms with Crippen molar-refractivity contribution in [2.75, 3.05) is 5.32 Å². The average molecular weight is 382 g/mol. The van der Waals surface area contributed by atoms with Gasteiger partial charge in [0, 0.05) is 5.69 Å². The second-order valence-electron chi connectivity index (χ2n) is 7.41. The van der Waals surface area contributed by atoms with E-state index < -0.39 is 18.0 Å². The molecule has 0 fully saturated rings. The van der Waals surface area contributed by atoms with Crippen LogP contribution in [0.5, 0.6) is 0 Å². The highest BCUT2D eigenvalue weighted by Crippen LogP contribution is 2.29. The van der Waals surface area contributed by atoms with Crippen LogP contribution in [0.2, 0.25) is 0 Å². The Balaban J connectivity index is 2.14. The van der Waals surface area contributed by atoms with E-state index in [1.54, 1.807) is 19.1 Å². The SMILES string of the molecule is C=C(C)c1cc(NC(=O)C(O)CC(C)(C)c2ccccc2)ccc1C(=O)ON. The highest BCUT2D eigenvalue weighted by atomic mass is 16.7. The smallest absolute Gasteiger partial charge is 0.357 e. The number of carbonyl (C=O) groups is 2. The van der Waals surface area contributed by atoms with Crippen molar-refractivity contribution in [2.24, 2.45) is 5.90 Å². The largest absolute Gasteiger partial charge is 0.383 e. The summed E-state index contributed by atoms with van der Waals surface area (Å²) in [5.41, 5.74) is 2.47. The van der Waals surface area contributed by atoms with Crippen LogP contribution in [0.25, 0.3) is 5.57 Å². The normalized spacial score (nSPS) is 12.2. The molecule has 1 unspecified atom stereocenters. The summed E-state index contributed by atoms with van der Waals surface area (Å²) in [4.78, 5) is 28.5. The third-order valence-electron chi connectivity index (χ3n) is 4.64. The van der Waals surface area contributed by atoms with E-state index >= 15 is 0 Å². The minimum absolute atomic E-state index is 0.249. The fourth-order valence-corrected chi connectivity index (χ4v) is 3.03. The van der Waals surface area contributed by atoms with Crippen molar-refractivity contribution in [3.8, 4) is 0 Å². The van der Waals surface area contributed by atoms with E-state index in [4.69, 9.17) is 5.90 Å². The van der Waals surface area contributed by atoms with Crippen molar-refractivity contribution in [1.29, 1.82) is 0 Å². The second kappa shape index (κ2) is 8.82. The number of rotatable bonds is 7. The Morgan fingerprint density at radius 3 is 2.39 bits per heavy atom. The number of nitrogens with one attached hydrogen (secondary N) is 1. The maximum absolute atomic E-state index is 12.5. The molecule has 0 aliphatic carbocycles. The molecule has 2 rings (SSSR count). The summed E-state index contributed by atoms with van der Waals surface area (Å²) in [6.45, 7) is 9.51. The van der Waals surface area contributed by atoms with Gasteiger partial charge in [-0.05, 0) is 48.1 Å². The van der Waals surface area contributed by atoms with Gasteiger partial charge in [0.05, 0.1) is 5.56 Å². The molecule has 0 aliphatic heterocycles. The van der Waals surface area contributed by atoms with Crippen LogP contribution in [0, 0.1) is 0 Å². The molecule has 28 heavy (non-hydrogen) atoms. The van der Waals surface area contributed by atoms with Gasteiger partial charge in [-0.3, -0.25) is 4.79 Å². The number of aliphatic hydroxyl groups excluding tert-OH is 1. The summed E-state index contributed by atoms with van der Waals surface area (Å²) in [6.07, 6.45) is -0.939. The topological polar surface area (TPSA) is 102 Å². The van der Waals surface area contributed by atoms with E-state index in [0.29, 0.717) is 16.8 Å². The summed E-state index contributed by atoms with van der Waals surface area (Å²) < 4.78 is 0. The zero-order chi connectivity index (χ0) is 20.9. The molecular weight excluding hydrogens is 356 g/mol. The molecule has 0 aromatic heterocycles. The number of allylic oxidation sites excluding steroid dienone is 1. The predicted molar refractivity (Wildman–Crippen MR) is 109 cm³/mol. The lowest BCUT2D eigenvalue weighted by atomic mass is 9.79. The molecule has 0 bridgehead atoms. The van der Waals surface area contributed by atoms with Gasteiger partial charge in [0.1, 0.15) is 6.10 Å². The monoisotopic (exact) mass is 382 g/mol. The molecule has 0 saturated carbocycles. The van der Waals surface area contributed by atoms with Gasteiger partial charge in [0.25, 0.3) is 5.91 Å². The van der Waals surface area contributed by atoms with E-state index in [2.05, 4.69) is 16.7 Å². The molecule has 0 spiro atoms. The van der Waals surface area contributed by atoms with Crippen LogP contribution in [0.3, 0.4) is 0 Å². The van der Waals surface area contributed by atoms with Crippen LogP contribution in [-0.2, 0) is 15.0 Å². The first-order chi connectivity index (χ1) is 13.2. The number of hydrogen-bond donors (Lipinski definition) is 3. The zero-order valence-electron chi connectivity index (χ0n) is 16.4. The Bertz CT molecular complexity index is 875. The molecule has 0 radical (unpaired) electrons. The number of hydrogen-bond acceptors (Lipinski definition) is 5. The van der Waals surface area contributed by atoms with Gasteiger partial charge < -0.3 is 15.3 Å². The van der Waals surface area contributed by atoms with Crippen LogP contribution >= 0.6 is 0 Å². The number of anilines is 1. The van der Waals surface area contributed by atoms with Gasteiger partial charge in [-0.1, -0.05) is 56.3 Å². The van der Waals surface area contributed by atoms with Crippen LogP contribution in [0.1, 0.15) is 48.7 Å². The number of benzene rings is 2. The molecular formula is C22H26N2O4. The van der Waals surface area contributed by atoms with E-state index in [1.165, 1.54) is 6.07 Å². The Morgan fingerprint density at radius 2 is 1.82 bits per heavy atom. The van der Waals surface area contributed by atoms with Gasteiger partial charge >= 0.3 is 5.97 Å². The molecule has 1 amide bonds. The molecule has 148 valence electrons. The predicted octanol–water partition coefficient (Wildman–Crippen LogP) is 3.42. The molecule has 0 aliphatic rings. The molecule has 4 N–H and O–H groups in total. The van der Waals surface area contributed by atoms with Gasteiger partial charge in [0.15, 0.2) is 0 Å². The molecule has 6 heteroatoms. The standard InChI is InChI=1S/C22H26N2O4/c1-14(2)18-12-16(10-11-17(18)21(27)28-23)24-20(26)19(25)13-22(3,4)15-8-6-5-7-9-15/h5-12,19,25H,1,13,23H2,2-4H3,(H,24,26). The Kier molecular flexibility index (Phi) is 6.72. The van der Waals surface area contributed by atoms with Crippen molar-refractivity contribution in [3.63, 3.8) is 0 Å². The number of carbonyl (C=O) groups excluding carboxylic acids is 2. The third-order valence-corrected chi connectivity index (χ3v) is 4.64. The minimum Gasteiger partial charge on any atom is -0.383 e. The molecule has 1 atom stereocenters. The average Bonchev–Trinajstić information content (AvgIpc) is 2.67. The van der Waals surface area contributed by atoms with Crippen LogP contribution < -0.4 is 11.2 Å². The first-order valence-corrected chi connectivity index (χ1v) is 8.91. The van der Waals surface area contributed by atoms with Gasteiger partial charge in [-0.2, -0.15) is 5.90 Å². The summed E-state index contributed by atoms with van der Waals surface area (Å²) in [7, 11) is 0. The lowest BCUT2D eigenvalue weighted by Gasteiger charge is -2.27. The van der Waals surface area contributed by atoms with Gasteiger partial charge in [0.2, 0.25) is 0 Å². The molecule has 0 heterocycles. The molecule has 6 nitrogen and oxygen atoms in total.